The highest BCUT2D eigenvalue weighted by atomic mass is 19.1. The Bertz CT molecular complexity index is 601. The summed E-state index contributed by atoms with van der Waals surface area (Å²) < 4.78 is 32.1. The first-order valence-electron chi connectivity index (χ1n) is 5.54. The van der Waals surface area contributed by atoms with Crippen molar-refractivity contribution in [2.24, 2.45) is 0 Å². The number of furan rings is 1. The molecular weight excluding hydrogens is 224 g/mol. The van der Waals surface area contributed by atoms with Crippen LogP contribution < -0.4 is 5.32 Å². The van der Waals surface area contributed by atoms with Crippen LogP contribution in [0, 0.1) is 11.8 Å². The van der Waals surface area contributed by atoms with E-state index in [4.69, 9.17) is 4.42 Å². The van der Waals surface area contributed by atoms with Crippen LogP contribution in [0.1, 0.15) is 12.0 Å². The monoisotopic (exact) mass is 235 g/mol. The van der Waals surface area contributed by atoms with Gasteiger partial charge >= 0.3 is 0 Å². The molecule has 0 spiro atoms. The lowest BCUT2D eigenvalue weighted by Gasteiger charge is -2.13. The van der Waals surface area contributed by atoms with Gasteiger partial charge in [-0.1, -0.05) is 18.2 Å². The first-order chi connectivity index (χ1) is 8.27. The SMILES string of the molecule is Fc1oc2c(F)cccc2c1C1=CCCNC1. The third kappa shape index (κ3) is 1.65. The molecule has 0 bridgehead atoms. The van der Waals surface area contributed by atoms with Crippen molar-refractivity contribution in [2.75, 3.05) is 13.1 Å². The van der Waals surface area contributed by atoms with Gasteiger partial charge in [0, 0.05) is 11.9 Å². The van der Waals surface area contributed by atoms with Crippen LogP contribution in [0.15, 0.2) is 28.7 Å². The van der Waals surface area contributed by atoms with E-state index in [-0.39, 0.29) is 5.58 Å². The van der Waals surface area contributed by atoms with Crippen molar-refractivity contribution in [2.45, 2.75) is 6.42 Å². The Balaban J connectivity index is 2.25. The van der Waals surface area contributed by atoms with Crippen LogP contribution in [0.2, 0.25) is 0 Å². The number of fused-ring (bicyclic) bond motifs is 1. The summed E-state index contributed by atoms with van der Waals surface area (Å²) >= 11 is 0. The van der Waals surface area contributed by atoms with Crippen molar-refractivity contribution in [3.05, 3.63) is 41.7 Å². The van der Waals surface area contributed by atoms with E-state index in [0.29, 0.717) is 17.5 Å². The first kappa shape index (κ1) is 10.5. The molecule has 0 radical (unpaired) electrons. The van der Waals surface area contributed by atoms with E-state index in [2.05, 4.69) is 5.32 Å². The fourth-order valence-corrected chi connectivity index (χ4v) is 2.19. The molecule has 0 saturated heterocycles. The van der Waals surface area contributed by atoms with E-state index in [1.165, 1.54) is 6.07 Å². The van der Waals surface area contributed by atoms with E-state index in [9.17, 15) is 8.78 Å². The smallest absolute Gasteiger partial charge is 0.286 e. The average molecular weight is 235 g/mol. The van der Waals surface area contributed by atoms with Crippen LogP contribution in [-0.2, 0) is 0 Å². The van der Waals surface area contributed by atoms with E-state index >= 15 is 0 Å². The summed E-state index contributed by atoms with van der Waals surface area (Å²) in [5.74, 6) is -0.531. The zero-order valence-electron chi connectivity index (χ0n) is 9.09. The molecule has 2 nitrogen and oxygen atoms in total. The third-order valence-electron chi connectivity index (χ3n) is 2.97. The highest BCUT2D eigenvalue weighted by molar-refractivity contribution is 5.92. The van der Waals surface area contributed by atoms with E-state index in [1.807, 2.05) is 6.08 Å². The number of rotatable bonds is 1. The van der Waals surface area contributed by atoms with Gasteiger partial charge in [0.2, 0.25) is 0 Å². The summed E-state index contributed by atoms with van der Waals surface area (Å²) in [6, 6.07) is 3.80. The van der Waals surface area contributed by atoms with Crippen molar-refractivity contribution in [1.29, 1.82) is 0 Å². The lowest BCUT2D eigenvalue weighted by atomic mass is 10.0. The Morgan fingerprint density at radius 3 is 2.88 bits per heavy atom. The van der Waals surface area contributed by atoms with Crippen molar-refractivity contribution < 1.29 is 13.2 Å². The third-order valence-corrected chi connectivity index (χ3v) is 2.97. The van der Waals surface area contributed by atoms with E-state index in [0.717, 1.165) is 18.5 Å². The van der Waals surface area contributed by atoms with Gasteiger partial charge in [0.05, 0.1) is 5.56 Å². The summed E-state index contributed by atoms with van der Waals surface area (Å²) in [5, 5.41) is 3.66. The van der Waals surface area contributed by atoms with Gasteiger partial charge < -0.3 is 9.73 Å². The molecule has 0 atom stereocenters. The lowest BCUT2D eigenvalue weighted by Crippen LogP contribution is -2.21. The molecule has 0 amide bonds. The normalized spacial score (nSPS) is 16.2. The molecule has 3 rings (SSSR count). The quantitative estimate of drug-likeness (QED) is 0.821. The summed E-state index contributed by atoms with van der Waals surface area (Å²) in [5.41, 5.74) is 1.20. The van der Waals surface area contributed by atoms with Crippen molar-refractivity contribution in [1.82, 2.24) is 5.32 Å². The molecule has 1 aliphatic heterocycles. The molecule has 2 aromatic rings. The molecule has 1 aromatic carbocycles. The minimum Gasteiger partial charge on any atom is -0.427 e. The molecule has 1 N–H and O–H groups in total. The van der Waals surface area contributed by atoms with Gasteiger partial charge in [0.1, 0.15) is 0 Å². The Morgan fingerprint density at radius 2 is 2.12 bits per heavy atom. The highest BCUT2D eigenvalue weighted by Crippen LogP contribution is 2.32. The fraction of sp³-hybridized carbons (Fsp3) is 0.231. The maximum Gasteiger partial charge on any atom is 0.286 e. The Kier molecular flexibility index (Phi) is 2.44. The topological polar surface area (TPSA) is 25.2 Å². The van der Waals surface area contributed by atoms with Gasteiger partial charge in [-0.2, -0.15) is 4.39 Å². The van der Waals surface area contributed by atoms with Crippen LogP contribution in [0.25, 0.3) is 16.5 Å². The minimum absolute atomic E-state index is 0.00789. The molecule has 0 saturated carbocycles. The maximum atomic E-state index is 13.8. The zero-order chi connectivity index (χ0) is 11.8. The molecule has 0 aliphatic carbocycles. The van der Waals surface area contributed by atoms with Crippen LogP contribution >= 0.6 is 0 Å². The minimum atomic E-state index is -0.708. The summed E-state index contributed by atoms with van der Waals surface area (Å²) in [6.45, 7) is 1.47. The number of nitrogens with one attached hydrogen (secondary N) is 1. The van der Waals surface area contributed by atoms with Crippen LogP contribution in [0.5, 0.6) is 0 Å². The van der Waals surface area contributed by atoms with Crippen molar-refractivity contribution in [3.8, 4) is 0 Å². The standard InChI is InChI=1S/C13H11F2NO/c14-10-5-1-4-9-11(13(15)17-12(9)10)8-3-2-6-16-7-8/h1,3-5,16H,2,6-7H2. The van der Waals surface area contributed by atoms with Gasteiger partial charge in [-0.15, -0.1) is 0 Å². The number of hydrogen-bond donors (Lipinski definition) is 1. The number of halogens is 2. The van der Waals surface area contributed by atoms with Gasteiger partial charge in [0.15, 0.2) is 11.4 Å². The molecule has 1 aliphatic rings. The predicted octanol–water partition coefficient (Wildman–Crippen LogP) is 3.09. The predicted molar refractivity (Wildman–Crippen MR) is 61.6 cm³/mol. The van der Waals surface area contributed by atoms with Crippen LogP contribution in [0.3, 0.4) is 0 Å². The van der Waals surface area contributed by atoms with Crippen molar-refractivity contribution >= 4 is 16.5 Å². The summed E-state index contributed by atoms with van der Waals surface area (Å²) in [6.07, 6.45) is 2.81. The zero-order valence-corrected chi connectivity index (χ0v) is 9.09. The molecule has 4 heteroatoms. The molecule has 2 heterocycles. The highest BCUT2D eigenvalue weighted by Gasteiger charge is 2.20. The van der Waals surface area contributed by atoms with Gasteiger partial charge in [0.25, 0.3) is 6.01 Å². The van der Waals surface area contributed by atoms with Crippen LogP contribution in [0.4, 0.5) is 8.78 Å². The summed E-state index contributed by atoms with van der Waals surface area (Å²) in [7, 11) is 0. The molecule has 0 fully saturated rings. The molecule has 0 unspecified atom stereocenters. The second kappa shape index (κ2) is 3.96. The van der Waals surface area contributed by atoms with Gasteiger partial charge in [-0.3, -0.25) is 0 Å². The number of hydrogen-bond acceptors (Lipinski definition) is 2. The number of benzene rings is 1. The number of para-hydroxylation sites is 1. The molecule has 88 valence electrons. The Labute approximate surface area is 96.9 Å². The largest absolute Gasteiger partial charge is 0.427 e. The fourth-order valence-electron chi connectivity index (χ4n) is 2.19. The molecule has 1 aromatic heterocycles. The molecular formula is C13H11F2NO. The maximum absolute atomic E-state index is 13.8. The lowest BCUT2D eigenvalue weighted by molar-refractivity contribution is 0.372. The van der Waals surface area contributed by atoms with Crippen molar-refractivity contribution in [3.63, 3.8) is 0 Å². The van der Waals surface area contributed by atoms with E-state index < -0.39 is 11.8 Å². The second-order valence-corrected chi connectivity index (χ2v) is 4.06. The average Bonchev–Trinajstić information content (AvgIpc) is 2.68. The van der Waals surface area contributed by atoms with Crippen LogP contribution in [-0.4, -0.2) is 13.1 Å². The summed E-state index contributed by atoms with van der Waals surface area (Å²) in [4.78, 5) is 0. The van der Waals surface area contributed by atoms with E-state index in [1.54, 1.807) is 12.1 Å². The Morgan fingerprint density at radius 1 is 1.24 bits per heavy atom. The molecule has 17 heavy (non-hydrogen) atoms. The Hall–Kier alpha value is -1.68. The van der Waals surface area contributed by atoms with Gasteiger partial charge in [-0.05, 0) is 24.6 Å². The first-order valence-corrected chi connectivity index (χ1v) is 5.54. The van der Waals surface area contributed by atoms with Gasteiger partial charge in [-0.25, -0.2) is 4.39 Å². The second-order valence-electron chi connectivity index (χ2n) is 4.06.